The molecule has 12 nitrogen and oxygen atoms in total. The van der Waals surface area contributed by atoms with E-state index in [4.69, 9.17) is 25.9 Å². The molecule has 0 saturated heterocycles. The van der Waals surface area contributed by atoms with E-state index in [1.165, 1.54) is 7.11 Å². The van der Waals surface area contributed by atoms with Crippen LogP contribution in [0.3, 0.4) is 0 Å². The van der Waals surface area contributed by atoms with E-state index in [0.717, 1.165) is 11.6 Å². The van der Waals surface area contributed by atoms with Crippen molar-refractivity contribution in [2.24, 2.45) is 16.8 Å². The number of hydrogen-bond donors (Lipinski definition) is 3. The van der Waals surface area contributed by atoms with E-state index >= 15 is 0 Å². The van der Waals surface area contributed by atoms with Gasteiger partial charge < -0.3 is 30.2 Å². The van der Waals surface area contributed by atoms with Gasteiger partial charge in [0.15, 0.2) is 5.71 Å². The fraction of sp³-hybridized carbons (Fsp3) is 0.500. The Morgan fingerprint density at radius 2 is 1.80 bits per heavy atom. The van der Waals surface area contributed by atoms with Crippen molar-refractivity contribution in [3.8, 4) is 0 Å². The molecule has 0 aliphatic rings. The van der Waals surface area contributed by atoms with E-state index in [1.54, 1.807) is 19.9 Å². The Morgan fingerprint density at radius 1 is 1.10 bits per heavy atom. The largest absolute Gasteiger partial charge is 0.469 e. The van der Waals surface area contributed by atoms with Crippen molar-refractivity contribution in [3.63, 3.8) is 0 Å². The first-order valence-corrected chi connectivity index (χ1v) is 8.97. The second kappa shape index (κ2) is 15.5. The number of hydrazone groups is 1. The Kier molecular flexibility index (Phi) is 13.7. The highest BCUT2D eigenvalue weighted by molar-refractivity contribution is 6.39. The molecule has 0 saturated carbocycles. The highest BCUT2D eigenvalue weighted by Gasteiger charge is 2.17. The number of hydrogen-bond acceptors (Lipinski definition) is 12. The van der Waals surface area contributed by atoms with Gasteiger partial charge in [-0.2, -0.15) is 5.10 Å². The quantitative estimate of drug-likeness (QED) is 0.0506. The molecule has 0 heterocycles. The summed E-state index contributed by atoms with van der Waals surface area (Å²) < 4.78 is 19.1. The van der Waals surface area contributed by atoms with E-state index in [0.29, 0.717) is 12.8 Å². The van der Waals surface area contributed by atoms with Crippen molar-refractivity contribution in [2.45, 2.75) is 33.1 Å². The van der Waals surface area contributed by atoms with Crippen LogP contribution in [0.25, 0.3) is 0 Å². The molecule has 12 heteroatoms. The lowest BCUT2D eigenvalue weighted by Crippen LogP contribution is -2.29. The zero-order valence-corrected chi connectivity index (χ0v) is 17.3. The molecule has 0 fully saturated rings. The number of carbonyl (C=O) groups excluding carboxylic acids is 4. The number of ether oxygens (including phenoxy) is 4. The molecule has 0 spiro atoms. The summed E-state index contributed by atoms with van der Waals surface area (Å²) in [6, 6.07) is 0. The molecule has 0 unspecified atom stereocenters. The second-order valence-electron chi connectivity index (χ2n) is 5.69. The van der Waals surface area contributed by atoms with Gasteiger partial charge in [-0.3, -0.25) is 10.6 Å². The number of unbranched alkanes of at least 4 members (excludes halogenated alkanes) is 1. The molecule has 0 bridgehead atoms. The predicted octanol–water partition coefficient (Wildman–Crippen LogP) is -0.413. The fourth-order valence-corrected chi connectivity index (χ4v) is 1.83. The lowest BCUT2D eigenvalue weighted by molar-refractivity contribution is -0.141. The summed E-state index contributed by atoms with van der Waals surface area (Å²) in [5, 5.41) is 3.23. The van der Waals surface area contributed by atoms with Crippen molar-refractivity contribution >= 4 is 29.6 Å². The molecule has 0 aromatic rings. The summed E-state index contributed by atoms with van der Waals surface area (Å²) in [6.45, 7) is 3.57. The van der Waals surface area contributed by atoms with Crippen LogP contribution in [0.15, 0.2) is 28.5 Å². The van der Waals surface area contributed by atoms with Gasteiger partial charge in [0.2, 0.25) is 0 Å². The van der Waals surface area contributed by atoms with Gasteiger partial charge >= 0.3 is 23.9 Å². The average molecular weight is 428 g/mol. The topological polar surface area (TPSA) is 182 Å². The van der Waals surface area contributed by atoms with Gasteiger partial charge in [0.05, 0.1) is 32.8 Å². The molecule has 5 N–H and O–H groups in total. The summed E-state index contributed by atoms with van der Waals surface area (Å²) in [5.41, 5.74) is 2.36. The molecule has 0 aliphatic carbocycles. The third kappa shape index (κ3) is 11.4. The number of carbonyl (C=O) groups is 4. The average Bonchev–Trinajstić information content (AvgIpc) is 2.73. The number of esters is 4. The molecular weight excluding hydrogens is 400 g/mol. The lowest BCUT2D eigenvalue weighted by Gasteiger charge is -2.07. The van der Waals surface area contributed by atoms with E-state index in [-0.39, 0.29) is 37.7 Å². The maximum atomic E-state index is 11.7. The van der Waals surface area contributed by atoms with Gasteiger partial charge in [-0.15, -0.1) is 0 Å². The van der Waals surface area contributed by atoms with Gasteiger partial charge in [0.25, 0.3) is 0 Å². The number of nitrogens with two attached hydrogens (primary N) is 2. The van der Waals surface area contributed by atoms with Gasteiger partial charge in [-0.1, -0.05) is 6.08 Å². The van der Waals surface area contributed by atoms with Crippen LogP contribution in [0.1, 0.15) is 33.1 Å². The summed E-state index contributed by atoms with van der Waals surface area (Å²) in [6.07, 6.45) is 3.34. The Balaban J connectivity index is 4.30. The number of nitrogens with one attached hydrogen (secondary N) is 1. The van der Waals surface area contributed by atoms with Crippen LogP contribution in [-0.2, 0) is 38.1 Å². The Hall–Kier alpha value is -3.41. The fourth-order valence-electron chi connectivity index (χ4n) is 1.83. The molecule has 0 aromatic heterocycles. The SMILES string of the molecule is CCOC(=O)/C(=C/C(=O)OC/C(C)=C/CCCOC(=O)/C(CC(=O)OC)=N\N)NN. The minimum atomic E-state index is -0.796. The smallest absolute Gasteiger partial charge is 0.356 e. The van der Waals surface area contributed by atoms with Gasteiger partial charge in [-0.25, -0.2) is 14.4 Å². The third-order valence-electron chi connectivity index (χ3n) is 3.36. The molecule has 0 radical (unpaired) electrons. The second-order valence-corrected chi connectivity index (χ2v) is 5.69. The number of nitrogens with zero attached hydrogens (tertiary/aromatic N) is 1. The number of allylic oxidation sites excluding steroid dienone is 1. The van der Waals surface area contributed by atoms with Crippen molar-refractivity contribution in [1.29, 1.82) is 0 Å². The minimum Gasteiger partial charge on any atom is -0.469 e. The first-order chi connectivity index (χ1) is 14.3. The predicted molar refractivity (Wildman–Crippen MR) is 105 cm³/mol. The Labute approximate surface area is 174 Å². The van der Waals surface area contributed by atoms with Crippen LogP contribution in [0.4, 0.5) is 0 Å². The summed E-state index contributed by atoms with van der Waals surface area (Å²) in [5.74, 6) is 7.24. The number of hydrazine groups is 1. The summed E-state index contributed by atoms with van der Waals surface area (Å²) in [4.78, 5) is 46.1. The molecule has 0 amide bonds. The van der Waals surface area contributed by atoms with E-state index < -0.39 is 23.9 Å². The molecule has 168 valence electrons. The molecule has 0 aliphatic heterocycles. The van der Waals surface area contributed by atoms with E-state index in [1.807, 2.05) is 0 Å². The standard InChI is InChI=1S/C18H28N4O8/c1-4-28-17(25)14(22-20)10-16(24)30-11-12(2)7-5-6-8-29-18(26)13(21-19)9-15(23)27-3/h7,10,22H,4-6,8-9,11,19-20H2,1-3H3/b12-7+,14-10-,21-13-. The van der Waals surface area contributed by atoms with Crippen LogP contribution >= 0.6 is 0 Å². The van der Waals surface area contributed by atoms with Crippen LogP contribution < -0.4 is 17.1 Å². The van der Waals surface area contributed by atoms with E-state index in [9.17, 15) is 19.2 Å². The van der Waals surface area contributed by atoms with Crippen molar-refractivity contribution in [2.75, 3.05) is 26.9 Å². The zero-order chi connectivity index (χ0) is 22.9. The highest BCUT2D eigenvalue weighted by atomic mass is 16.5. The zero-order valence-electron chi connectivity index (χ0n) is 17.3. The molecule has 0 aromatic carbocycles. The summed E-state index contributed by atoms with van der Waals surface area (Å²) >= 11 is 0. The first kappa shape index (κ1) is 26.6. The van der Waals surface area contributed by atoms with Crippen molar-refractivity contribution in [3.05, 3.63) is 23.4 Å². The van der Waals surface area contributed by atoms with Crippen LogP contribution in [-0.4, -0.2) is 56.5 Å². The molecule has 0 rings (SSSR count). The molecule has 30 heavy (non-hydrogen) atoms. The van der Waals surface area contributed by atoms with Gasteiger partial charge in [0.1, 0.15) is 12.3 Å². The number of methoxy groups -OCH3 is 1. The van der Waals surface area contributed by atoms with Crippen molar-refractivity contribution in [1.82, 2.24) is 5.43 Å². The first-order valence-electron chi connectivity index (χ1n) is 8.97. The van der Waals surface area contributed by atoms with Gasteiger partial charge in [-0.05, 0) is 32.3 Å². The highest BCUT2D eigenvalue weighted by Crippen LogP contribution is 2.02. The normalized spacial score (nSPS) is 12.1. The van der Waals surface area contributed by atoms with Crippen LogP contribution in [0.2, 0.25) is 0 Å². The lowest BCUT2D eigenvalue weighted by atomic mass is 10.2. The maximum absolute atomic E-state index is 11.7. The van der Waals surface area contributed by atoms with Crippen LogP contribution in [0.5, 0.6) is 0 Å². The maximum Gasteiger partial charge on any atom is 0.356 e. The van der Waals surface area contributed by atoms with Crippen molar-refractivity contribution < 1.29 is 38.1 Å². The number of rotatable bonds is 13. The summed E-state index contributed by atoms with van der Waals surface area (Å²) in [7, 11) is 1.18. The van der Waals surface area contributed by atoms with Gasteiger partial charge in [0, 0.05) is 0 Å². The van der Waals surface area contributed by atoms with E-state index in [2.05, 4.69) is 15.3 Å². The Bertz CT molecular complexity index is 700. The monoisotopic (exact) mass is 428 g/mol. The minimum absolute atomic E-state index is 0.00108. The Morgan fingerprint density at radius 3 is 2.37 bits per heavy atom. The third-order valence-corrected chi connectivity index (χ3v) is 3.36. The van der Waals surface area contributed by atoms with Crippen LogP contribution in [0, 0.1) is 0 Å². The molecule has 0 atom stereocenters. The molecular formula is C18H28N4O8.